The van der Waals surface area contributed by atoms with Crippen LogP contribution in [0.4, 0.5) is 0 Å². The summed E-state index contributed by atoms with van der Waals surface area (Å²) in [4.78, 5) is 0.990. The Kier molecular flexibility index (Phi) is 6.28. The monoisotopic (exact) mass is 410 g/mol. The third-order valence-corrected chi connectivity index (χ3v) is 6.47. The maximum absolute atomic E-state index is 6.19. The van der Waals surface area contributed by atoms with Crippen LogP contribution in [0.2, 0.25) is 10.0 Å². The molecule has 0 unspecified atom stereocenters. The van der Waals surface area contributed by atoms with E-state index in [1.165, 1.54) is 0 Å². The summed E-state index contributed by atoms with van der Waals surface area (Å²) in [5.41, 5.74) is 3.34. The minimum Gasteiger partial charge on any atom is -0.187 e. The minimum atomic E-state index is 0.693. The van der Waals surface area contributed by atoms with Gasteiger partial charge in [0.25, 0.3) is 0 Å². The molecule has 0 aliphatic heterocycles. The molecule has 25 heavy (non-hydrogen) atoms. The van der Waals surface area contributed by atoms with Gasteiger partial charge in [-0.25, -0.2) is 0 Å². The Morgan fingerprint density at radius 2 is 1.72 bits per heavy atom. The number of aryl methyl sites for hydroxylation is 2. The number of benzene rings is 2. The van der Waals surface area contributed by atoms with Gasteiger partial charge in [0.2, 0.25) is 5.16 Å². The normalized spacial score (nSPS) is 11.0. The van der Waals surface area contributed by atoms with E-state index in [9.17, 15) is 0 Å². The predicted molar refractivity (Wildman–Crippen MR) is 107 cm³/mol. The molecule has 8 heteroatoms. The molecule has 1 aromatic heterocycles. The third kappa shape index (κ3) is 4.50. The van der Waals surface area contributed by atoms with Crippen LogP contribution < -0.4 is 0 Å². The Morgan fingerprint density at radius 3 is 2.48 bits per heavy atom. The van der Waals surface area contributed by atoms with Gasteiger partial charge in [0.05, 0.1) is 10.7 Å². The van der Waals surface area contributed by atoms with E-state index in [4.69, 9.17) is 23.2 Å². The molecule has 0 aliphatic carbocycles. The molecule has 3 aromatic rings. The smallest absolute Gasteiger partial charge is 0.187 e. The Morgan fingerprint density at radius 1 is 1.00 bits per heavy atom. The minimum absolute atomic E-state index is 0.693. The molecule has 1 heterocycles. The summed E-state index contributed by atoms with van der Waals surface area (Å²) in [6.45, 7) is 4.13. The number of hydrogen-bond donors (Lipinski definition) is 0. The van der Waals surface area contributed by atoms with Crippen LogP contribution in [0.5, 0.6) is 0 Å². The second-order valence-electron chi connectivity index (χ2n) is 5.39. The van der Waals surface area contributed by atoms with Gasteiger partial charge in [-0.15, -0.1) is 16.9 Å². The van der Waals surface area contributed by atoms with Crippen LogP contribution in [0.1, 0.15) is 11.1 Å². The first kappa shape index (κ1) is 18.6. The molecule has 4 nitrogen and oxygen atoms in total. The fraction of sp³-hybridized carbons (Fsp3) is 0.235. The van der Waals surface area contributed by atoms with E-state index < -0.39 is 0 Å². The number of thioether (sulfide) groups is 2. The maximum atomic E-state index is 6.19. The van der Waals surface area contributed by atoms with Gasteiger partial charge in [0.1, 0.15) is 0 Å². The molecule has 2 aromatic carbocycles. The van der Waals surface area contributed by atoms with Crippen molar-refractivity contribution in [3.63, 3.8) is 0 Å². The summed E-state index contributed by atoms with van der Waals surface area (Å²) in [6, 6.07) is 11.7. The van der Waals surface area contributed by atoms with E-state index >= 15 is 0 Å². The summed E-state index contributed by atoms with van der Waals surface area (Å²) in [5.74, 6) is 1.74. The number of rotatable bonds is 6. The highest BCUT2D eigenvalue weighted by Gasteiger charge is 2.13. The SMILES string of the molecule is Cc1cccc(C)c1-n1nnnc1SCCSc1cc(Cl)ccc1Cl. The zero-order valence-electron chi connectivity index (χ0n) is 13.7. The van der Waals surface area contributed by atoms with Crippen LogP contribution in [-0.2, 0) is 0 Å². The molecule has 0 fully saturated rings. The van der Waals surface area contributed by atoms with E-state index in [-0.39, 0.29) is 0 Å². The molecule has 0 aliphatic rings. The van der Waals surface area contributed by atoms with Crippen molar-refractivity contribution in [2.24, 2.45) is 0 Å². The van der Waals surface area contributed by atoms with Crippen LogP contribution in [0.3, 0.4) is 0 Å². The molecule has 0 radical (unpaired) electrons. The van der Waals surface area contributed by atoms with Gasteiger partial charge >= 0.3 is 0 Å². The number of tetrazole rings is 1. The number of hydrogen-bond acceptors (Lipinski definition) is 5. The lowest BCUT2D eigenvalue weighted by molar-refractivity contribution is 0.747. The van der Waals surface area contributed by atoms with Gasteiger partial charge in [0.15, 0.2) is 0 Å². The Bertz CT molecular complexity index is 863. The Balaban J connectivity index is 1.66. The van der Waals surface area contributed by atoms with Crippen LogP contribution in [0, 0.1) is 13.8 Å². The van der Waals surface area contributed by atoms with Crippen molar-refractivity contribution in [1.82, 2.24) is 20.2 Å². The summed E-state index contributed by atoms with van der Waals surface area (Å²) in [7, 11) is 0. The largest absolute Gasteiger partial charge is 0.214 e. The predicted octanol–water partition coefficient (Wildman–Crippen LogP) is 5.47. The molecule has 0 saturated carbocycles. The lowest BCUT2D eigenvalue weighted by Crippen LogP contribution is -2.04. The average molecular weight is 411 g/mol. The maximum Gasteiger partial charge on any atom is 0.214 e. The van der Waals surface area contributed by atoms with Crippen LogP contribution in [0.25, 0.3) is 5.69 Å². The van der Waals surface area contributed by atoms with E-state index in [2.05, 4.69) is 41.5 Å². The van der Waals surface area contributed by atoms with Crippen molar-refractivity contribution in [2.45, 2.75) is 23.9 Å². The standard InChI is InChI=1S/C17H16Cl2N4S2/c1-11-4-3-5-12(2)16(11)23-17(20-21-22-23)25-9-8-24-15-10-13(18)6-7-14(15)19/h3-7,10H,8-9H2,1-2H3. The second-order valence-corrected chi connectivity index (χ2v) is 8.43. The van der Waals surface area contributed by atoms with Crippen molar-refractivity contribution in [3.05, 3.63) is 57.6 Å². The summed E-state index contributed by atoms with van der Waals surface area (Å²) >= 11 is 15.5. The van der Waals surface area contributed by atoms with Crippen LogP contribution in [-0.4, -0.2) is 31.7 Å². The molecule has 0 spiro atoms. The zero-order valence-corrected chi connectivity index (χ0v) is 16.9. The van der Waals surface area contributed by atoms with Gasteiger partial charge in [-0.2, -0.15) is 4.68 Å². The van der Waals surface area contributed by atoms with Crippen molar-refractivity contribution in [1.29, 1.82) is 0 Å². The number of aromatic nitrogens is 4. The van der Waals surface area contributed by atoms with Crippen molar-refractivity contribution >= 4 is 46.7 Å². The van der Waals surface area contributed by atoms with Gasteiger partial charge in [-0.1, -0.05) is 53.2 Å². The third-order valence-electron chi connectivity index (χ3n) is 3.56. The zero-order chi connectivity index (χ0) is 17.8. The van der Waals surface area contributed by atoms with Crippen molar-refractivity contribution < 1.29 is 0 Å². The highest BCUT2D eigenvalue weighted by Crippen LogP contribution is 2.31. The molecular formula is C17H16Cl2N4S2. The number of nitrogens with zero attached hydrogens (tertiary/aromatic N) is 4. The highest BCUT2D eigenvalue weighted by atomic mass is 35.5. The molecular weight excluding hydrogens is 395 g/mol. The molecule has 0 N–H and O–H groups in total. The molecule has 130 valence electrons. The molecule has 0 saturated heterocycles. The highest BCUT2D eigenvalue weighted by molar-refractivity contribution is 8.02. The molecule has 0 bridgehead atoms. The number of para-hydroxylation sites is 1. The van der Waals surface area contributed by atoms with Crippen molar-refractivity contribution in [2.75, 3.05) is 11.5 Å². The Hall–Kier alpha value is -1.21. The molecule has 3 rings (SSSR count). The lowest BCUT2D eigenvalue weighted by atomic mass is 10.1. The quantitative estimate of drug-likeness (QED) is 0.398. The average Bonchev–Trinajstić information content (AvgIpc) is 3.02. The second kappa shape index (κ2) is 8.45. The fourth-order valence-electron chi connectivity index (χ4n) is 2.42. The molecule has 0 amide bonds. The topological polar surface area (TPSA) is 43.6 Å². The van der Waals surface area contributed by atoms with Crippen molar-refractivity contribution in [3.8, 4) is 5.69 Å². The van der Waals surface area contributed by atoms with E-state index in [1.54, 1.807) is 29.6 Å². The number of halogens is 2. The summed E-state index contributed by atoms with van der Waals surface area (Å²) in [5, 5.41) is 14.4. The van der Waals surface area contributed by atoms with Gasteiger partial charge in [-0.3, -0.25) is 0 Å². The first-order valence-electron chi connectivity index (χ1n) is 7.62. The van der Waals surface area contributed by atoms with E-state index in [0.717, 1.165) is 43.4 Å². The van der Waals surface area contributed by atoms with Gasteiger partial charge in [0, 0.05) is 21.4 Å². The van der Waals surface area contributed by atoms with E-state index in [1.807, 2.05) is 22.9 Å². The van der Waals surface area contributed by atoms with Crippen LogP contribution in [0.15, 0.2) is 46.5 Å². The first-order valence-corrected chi connectivity index (χ1v) is 10.3. The first-order chi connectivity index (χ1) is 12.1. The lowest BCUT2D eigenvalue weighted by Gasteiger charge is -2.10. The fourth-order valence-corrected chi connectivity index (χ4v) is 4.77. The summed E-state index contributed by atoms with van der Waals surface area (Å²) in [6.07, 6.45) is 0. The van der Waals surface area contributed by atoms with Gasteiger partial charge in [-0.05, 0) is 53.6 Å². The van der Waals surface area contributed by atoms with Gasteiger partial charge < -0.3 is 0 Å². The van der Waals surface area contributed by atoms with E-state index in [0.29, 0.717) is 5.02 Å². The Labute approximate surface area is 165 Å². The van der Waals surface area contributed by atoms with Crippen LogP contribution >= 0.6 is 46.7 Å². The molecule has 0 atom stereocenters. The summed E-state index contributed by atoms with van der Waals surface area (Å²) < 4.78 is 1.81.